The van der Waals surface area contributed by atoms with Gasteiger partial charge in [0.1, 0.15) is 17.2 Å². The average Bonchev–Trinajstić information content (AvgIpc) is 3.36. The van der Waals surface area contributed by atoms with Gasteiger partial charge in [0.15, 0.2) is 18.5 Å². The molecule has 45 heavy (non-hydrogen) atoms. The molecule has 0 bridgehead atoms. The number of benzene rings is 1. The van der Waals surface area contributed by atoms with Crippen LogP contribution in [0.4, 0.5) is 13.6 Å². The highest BCUT2D eigenvalue weighted by Gasteiger charge is 2.43. The lowest BCUT2D eigenvalue weighted by molar-refractivity contribution is -0.125. The van der Waals surface area contributed by atoms with Crippen molar-refractivity contribution in [3.63, 3.8) is 0 Å². The van der Waals surface area contributed by atoms with E-state index in [1.807, 2.05) is 19.0 Å². The van der Waals surface area contributed by atoms with Crippen LogP contribution in [0, 0.1) is 11.6 Å². The Bertz CT molecular complexity index is 1500. The van der Waals surface area contributed by atoms with Crippen LogP contribution < -0.4 is 20.8 Å². The number of halogens is 2. The smallest absolute Gasteiger partial charge is 0.451 e. The van der Waals surface area contributed by atoms with Crippen molar-refractivity contribution in [2.24, 2.45) is 0 Å². The summed E-state index contributed by atoms with van der Waals surface area (Å²) in [6.07, 6.45) is 0.848. The van der Waals surface area contributed by atoms with Gasteiger partial charge in [-0.15, -0.1) is 0 Å². The second-order valence-corrected chi connectivity index (χ2v) is 10.8. The fourth-order valence-electron chi connectivity index (χ4n) is 4.83. The van der Waals surface area contributed by atoms with E-state index in [9.17, 15) is 32.8 Å². The van der Waals surface area contributed by atoms with Crippen LogP contribution in [0.5, 0.6) is 5.75 Å². The quantitative estimate of drug-likeness (QED) is 0.186. The predicted octanol–water partition coefficient (Wildman–Crippen LogP) is 1.20. The summed E-state index contributed by atoms with van der Waals surface area (Å²) in [5.41, 5.74) is -1.67. The van der Waals surface area contributed by atoms with E-state index >= 15 is 0 Å². The number of unbranched alkanes of at least 4 members (excludes halogenated alkanes) is 1. The number of hydrogen-bond acceptors (Lipinski definition) is 10. The van der Waals surface area contributed by atoms with Crippen LogP contribution in [0.1, 0.15) is 46.2 Å². The summed E-state index contributed by atoms with van der Waals surface area (Å²) >= 11 is 0. The lowest BCUT2D eigenvalue weighted by atomic mass is 10.1. The highest BCUT2D eigenvalue weighted by atomic mass is 19.1. The van der Waals surface area contributed by atoms with Crippen LogP contribution in [0.25, 0.3) is 0 Å². The highest BCUT2D eigenvalue weighted by molar-refractivity contribution is 5.99. The first kappa shape index (κ1) is 33.3. The Morgan fingerprint density at radius 3 is 2.62 bits per heavy atom. The van der Waals surface area contributed by atoms with Crippen molar-refractivity contribution in [2.75, 3.05) is 47.2 Å². The van der Waals surface area contributed by atoms with Crippen LogP contribution in [0.15, 0.2) is 29.2 Å². The minimum Gasteiger partial charge on any atom is -0.451 e. The molecule has 2 unspecified atom stereocenters. The normalized spacial score (nSPS) is 17.0. The van der Waals surface area contributed by atoms with Crippen LogP contribution in [0.3, 0.4) is 0 Å². The standard InChI is InChI=1S/C29H35F2N5O9/c1-17-14-42-23-13-35-12-20(27(39)33-11-18-6-7-19(30)10-21(18)31)25(38)26(24(35)28(40)36(17)23)44-16-45-29(41)43-15-22(37)32-8-4-5-9-34(2)3/h6-7,10,12,17,23H,4-5,8-9,11,13-16H2,1-3H3,(H,32,37)(H,33,39). The predicted molar refractivity (Wildman–Crippen MR) is 152 cm³/mol. The van der Waals surface area contributed by atoms with Gasteiger partial charge in [0.05, 0.1) is 19.2 Å². The number of nitrogens with one attached hydrogen (secondary N) is 2. The van der Waals surface area contributed by atoms with Gasteiger partial charge in [-0.25, -0.2) is 13.6 Å². The Balaban J connectivity index is 1.43. The topological polar surface area (TPSA) is 158 Å². The summed E-state index contributed by atoms with van der Waals surface area (Å²) < 4.78 is 49.4. The summed E-state index contributed by atoms with van der Waals surface area (Å²) in [4.78, 5) is 67.4. The zero-order valence-electron chi connectivity index (χ0n) is 25.1. The molecule has 1 fully saturated rings. The van der Waals surface area contributed by atoms with Gasteiger partial charge in [0.2, 0.25) is 18.0 Å². The van der Waals surface area contributed by atoms with E-state index < -0.39 is 71.9 Å². The Morgan fingerprint density at radius 1 is 1.11 bits per heavy atom. The summed E-state index contributed by atoms with van der Waals surface area (Å²) in [7, 11) is 3.89. The molecule has 14 nitrogen and oxygen atoms in total. The van der Waals surface area contributed by atoms with Crippen molar-refractivity contribution >= 4 is 23.9 Å². The second-order valence-electron chi connectivity index (χ2n) is 10.8. The Morgan fingerprint density at radius 2 is 1.89 bits per heavy atom. The van der Waals surface area contributed by atoms with Gasteiger partial charge >= 0.3 is 6.16 Å². The van der Waals surface area contributed by atoms with Crippen molar-refractivity contribution in [1.29, 1.82) is 0 Å². The maximum atomic E-state index is 14.1. The summed E-state index contributed by atoms with van der Waals surface area (Å²) in [6, 6.07) is 2.53. The molecule has 2 atom stereocenters. The van der Waals surface area contributed by atoms with Gasteiger partial charge in [0.25, 0.3) is 17.7 Å². The first-order chi connectivity index (χ1) is 21.5. The lowest BCUT2D eigenvalue weighted by Gasteiger charge is -2.34. The van der Waals surface area contributed by atoms with Gasteiger partial charge in [-0.05, 0) is 46.5 Å². The molecule has 3 amide bonds. The molecule has 2 N–H and O–H groups in total. The number of amides is 3. The molecule has 1 aromatic carbocycles. The van der Waals surface area contributed by atoms with Crippen LogP contribution in [-0.2, 0) is 32.1 Å². The Kier molecular flexibility index (Phi) is 11.1. The van der Waals surface area contributed by atoms with Gasteiger partial charge < -0.3 is 43.9 Å². The Labute approximate surface area is 257 Å². The molecule has 0 aliphatic carbocycles. The third-order valence-electron chi connectivity index (χ3n) is 7.10. The van der Waals surface area contributed by atoms with Crippen molar-refractivity contribution < 1.29 is 46.9 Å². The number of pyridine rings is 1. The summed E-state index contributed by atoms with van der Waals surface area (Å²) in [5, 5.41) is 5.01. The number of aromatic nitrogens is 1. The number of carbonyl (C=O) groups is 4. The SMILES string of the molecule is CC1COC2Cn3cc(C(=O)NCc4ccc(F)cc4F)c(=O)c(OCOC(=O)OCC(=O)NCCCCN(C)C)c3C(=O)N12. The van der Waals surface area contributed by atoms with Crippen molar-refractivity contribution in [1.82, 2.24) is 25.0 Å². The van der Waals surface area contributed by atoms with Crippen LogP contribution >= 0.6 is 0 Å². The molecular formula is C29H35F2N5O9. The van der Waals surface area contributed by atoms with Gasteiger partial charge in [-0.2, -0.15) is 0 Å². The Hall–Kier alpha value is -4.57. The molecular weight excluding hydrogens is 600 g/mol. The number of rotatable bonds is 13. The lowest BCUT2D eigenvalue weighted by Crippen LogP contribution is -2.49. The number of carbonyl (C=O) groups excluding carboxylic acids is 4. The molecule has 2 aliphatic heterocycles. The van der Waals surface area contributed by atoms with E-state index in [1.165, 1.54) is 9.47 Å². The van der Waals surface area contributed by atoms with E-state index in [0.717, 1.165) is 37.7 Å². The van der Waals surface area contributed by atoms with Crippen LogP contribution in [0.2, 0.25) is 0 Å². The first-order valence-electron chi connectivity index (χ1n) is 14.2. The average molecular weight is 636 g/mol. The summed E-state index contributed by atoms with van der Waals surface area (Å²) in [5.74, 6) is -4.31. The van der Waals surface area contributed by atoms with Crippen molar-refractivity contribution in [3.8, 4) is 5.75 Å². The monoisotopic (exact) mass is 635 g/mol. The number of fused-ring (bicyclic) bond motifs is 2. The minimum atomic E-state index is -1.27. The van der Waals surface area contributed by atoms with Crippen LogP contribution in [-0.4, -0.2) is 97.7 Å². The van der Waals surface area contributed by atoms with E-state index in [-0.39, 0.29) is 37.0 Å². The maximum Gasteiger partial charge on any atom is 0.511 e. The molecule has 1 saturated heterocycles. The molecule has 0 spiro atoms. The number of hydrogen-bond donors (Lipinski definition) is 2. The largest absolute Gasteiger partial charge is 0.511 e. The second kappa shape index (κ2) is 14.9. The van der Waals surface area contributed by atoms with E-state index in [4.69, 9.17) is 18.9 Å². The van der Waals surface area contributed by atoms with E-state index in [2.05, 4.69) is 10.6 Å². The zero-order valence-corrected chi connectivity index (χ0v) is 25.1. The number of ether oxygens (including phenoxy) is 4. The molecule has 0 radical (unpaired) electrons. The molecule has 0 saturated carbocycles. The third-order valence-corrected chi connectivity index (χ3v) is 7.10. The van der Waals surface area contributed by atoms with E-state index in [0.29, 0.717) is 12.6 Å². The van der Waals surface area contributed by atoms with Gasteiger partial charge in [-0.3, -0.25) is 19.2 Å². The zero-order chi connectivity index (χ0) is 32.7. The van der Waals surface area contributed by atoms with Crippen molar-refractivity contribution in [3.05, 3.63) is 63.1 Å². The van der Waals surface area contributed by atoms with Gasteiger partial charge in [0, 0.05) is 30.9 Å². The van der Waals surface area contributed by atoms with Crippen molar-refractivity contribution in [2.45, 2.75) is 45.1 Å². The molecule has 16 heteroatoms. The highest BCUT2D eigenvalue weighted by Crippen LogP contribution is 2.30. The fourth-order valence-corrected chi connectivity index (χ4v) is 4.83. The molecule has 244 valence electrons. The minimum absolute atomic E-state index is 0.0247. The third kappa shape index (κ3) is 8.33. The molecule has 1 aromatic heterocycles. The molecule has 2 aromatic rings. The fraction of sp³-hybridized carbons (Fsp3) is 0.483. The summed E-state index contributed by atoms with van der Waals surface area (Å²) in [6.45, 7) is 1.48. The van der Waals surface area contributed by atoms with Gasteiger partial charge in [-0.1, -0.05) is 6.07 Å². The number of nitrogens with zero attached hydrogens (tertiary/aromatic N) is 3. The molecule has 3 heterocycles. The molecule has 4 rings (SSSR count). The molecule has 2 aliphatic rings. The maximum absolute atomic E-state index is 14.1. The first-order valence-corrected chi connectivity index (χ1v) is 14.2. The van der Waals surface area contributed by atoms with E-state index in [1.54, 1.807) is 6.92 Å².